The highest BCUT2D eigenvalue weighted by atomic mass is 16.5. The SMILES string of the molecule is COc1cc(/C=N/NC(=O)Cc2cccc3c2CCCC3)ccc1O. The predicted molar refractivity (Wildman–Crippen MR) is 97.2 cm³/mol. The van der Waals surface area contributed by atoms with E-state index < -0.39 is 0 Å². The fraction of sp³-hybridized carbons (Fsp3) is 0.300. The number of benzene rings is 2. The molecule has 1 aliphatic rings. The number of hydrogen-bond donors (Lipinski definition) is 2. The molecule has 0 fully saturated rings. The number of hydrogen-bond acceptors (Lipinski definition) is 4. The van der Waals surface area contributed by atoms with Gasteiger partial charge in [-0.25, -0.2) is 5.43 Å². The summed E-state index contributed by atoms with van der Waals surface area (Å²) in [6, 6.07) is 11.1. The van der Waals surface area contributed by atoms with Gasteiger partial charge in [-0.15, -0.1) is 0 Å². The third kappa shape index (κ3) is 4.18. The van der Waals surface area contributed by atoms with Gasteiger partial charge in [0.1, 0.15) is 0 Å². The van der Waals surface area contributed by atoms with Crippen LogP contribution in [0.15, 0.2) is 41.5 Å². The molecule has 130 valence electrons. The van der Waals surface area contributed by atoms with Gasteiger partial charge < -0.3 is 9.84 Å². The van der Waals surface area contributed by atoms with Crippen molar-refractivity contribution in [2.75, 3.05) is 7.11 Å². The van der Waals surface area contributed by atoms with Crippen LogP contribution >= 0.6 is 0 Å². The third-order valence-electron chi connectivity index (χ3n) is 4.45. The van der Waals surface area contributed by atoms with Gasteiger partial charge in [-0.1, -0.05) is 18.2 Å². The summed E-state index contributed by atoms with van der Waals surface area (Å²) in [5.74, 6) is 0.296. The summed E-state index contributed by atoms with van der Waals surface area (Å²) in [7, 11) is 1.48. The second kappa shape index (κ2) is 7.83. The average Bonchev–Trinajstić information content (AvgIpc) is 2.63. The van der Waals surface area contributed by atoms with Crippen molar-refractivity contribution in [1.82, 2.24) is 5.43 Å². The number of nitrogens with one attached hydrogen (secondary N) is 1. The van der Waals surface area contributed by atoms with Gasteiger partial charge in [0.05, 0.1) is 19.7 Å². The lowest BCUT2D eigenvalue weighted by molar-refractivity contribution is -0.120. The molecule has 2 aromatic carbocycles. The van der Waals surface area contributed by atoms with Crippen LogP contribution in [0.2, 0.25) is 0 Å². The summed E-state index contributed by atoms with van der Waals surface area (Å²) < 4.78 is 5.05. The normalized spacial score (nSPS) is 13.5. The van der Waals surface area contributed by atoms with Crippen molar-refractivity contribution < 1.29 is 14.6 Å². The van der Waals surface area contributed by atoms with E-state index in [2.05, 4.69) is 16.6 Å². The van der Waals surface area contributed by atoms with Gasteiger partial charge in [-0.2, -0.15) is 5.10 Å². The molecule has 5 nitrogen and oxygen atoms in total. The van der Waals surface area contributed by atoms with E-state index in [0.717, 1.165) is 24.0 Å². The molecule has 0 aromatic heterocycles. The molecule has 0 bridgehead atoms. The van der Waals surface area contributed by atoms with E-state index in [-0.39, 0.29) is 11.7 Å². The third-order valence-corrected chi connectivity index (χ3v) is 4.45. The lowest BCUT2D eigenvalue weighted by atomic mass is 9.87. The van der Waals surface area contributed by atoms with Crippen LogP contribution in [0.5, 0.6) is 11.5 Å². The average molecular weight is 338 g/mol. The molecule has 0 atom stereocenters. The Balaban J connectivity index is 1.62. The molecule has 2 aromatic rings. The zero-order valence-electron chi connectivity index (χ0n) is 14.3. The number of ether oxygens (including phenoxy) is 1. The molecule has 1 amide bonds. The standard InChI is InChI=1S/C20H22N2O3/c1-25-19-11-14(9-10-18(19)23)13-21-22-20(24)12-16-7-4-6-15-5-2-3-8-17(15)16/h4,6-7,9-11,13,23H,2-3,5,8,12H2,1H3,(H,22,24)/b21-13+. The van der Waals surface area contributed by atoms with Crippen LogP contribution in [0.25, 0.3) is 0 Å². The van der Waals surface area contributed by atoms with Gasteiger partial charge in [0.15, 0.2) is 11.5 Å². The number of aromatic hydroxyl groups is 1. The first kappa shape index (κ1) is 17.0. The molecule has 0 aliphatic heterocycles. The first-order chi connectivity index (χ1) is 12.2. The Labute approximate surface area is 147 Å². The maximum Gasteiger partial charge on any atom is 0.244 e. The smallest absolute Gasteiger partial charge is 0.244 e. The van der Waals surface area contributed by atoms with E-state index in [0.29, 0.717) is 12.2 Å². The molecular formula is C20H22N2O3. The van der Waals surface area contributed by atoms with Gasteiger partial charge >= 0.3 is 0 Å². The summed E-state index contributed by atoms with van der Waals surface area (Å²) in [4.78, 5) is 12.2. The molecule has 3 rings (SSSR count). The van der Waals surface area contributed by atoms with Crippen LogP contribution in [0.1, 0.15) is 35.1 Å². The van der Waals surface area contributed by atoms with E-state index in [1.807, 2.05) is 12.1 Å². The summed E-state index contributed by atoms with van der Waals surface area (Å²) in [6.07, 6.45) is 6.43. The highest BCUT2D eigenvalue weighted by molar-refractivity contribution is 5.84. The second-order valence-electron chi connectivity index (χ2n) is 6.16. The predicted octanol–water partition coefficient (Wildman–Crippen LogP) is 2.97. The van der Waals surface area contributed by atoms with Crippen molar-refractivity contribution in [2.45, 2.75) is 32.1 Å². The van der Waals surface area contributed by atoms with Gasteiger partial charge in [-0.3, -0.25) is 4.79 Å². The fourth-order valence-corrected chi connectivity index (χ4v) is 3.19. The summed E-state index contributed by atoms with van der Waals surface area (Å²) in [6.45, 7) is 0. The molecule has 2 N–H and O–H groups in total. The maximum absolute atomic E-state index is 12.2. The van der Waals surface area contributed by atoms with Gasteiger partial charge in [0, 0.05) is 0 Å². The van der Waals surface area contributed by atoms with Crippen molar-refractivity contribution in [2.24, 2.45) is 5.10 Å². The number of carbonyl (C=O) groups excluding carboxylic acids is 1. The van der Waals surface area contributed by atoms with E-state index in [9.17, 15) is 9.90 Å². The molecule has 0 saturated carbocycles. The van der Waals surface area contributed by atoms with Crippen LogP contribution < -0.4 is 10.2 Å². The molecule has 5 heteroatoms. The minimum atomic E-state index is -0.138. The molecule has 0 spiro atoms. The molecule has 0 radical (unpaired) electrons. The van der Waals surface area contributed by atoms with Crippen LogP contribution in [-0.2, 0) is 24.1 Å². The van der Waals surface area contributed by atoms with Crippen molar-refractivity contribution in [1.29, 1.82) is 0 Å². The summed E-state index contributed by atoms with van der Waals surface area (Å²) >= 11 is 0. The van der Waals surface area contributed by atoms with Crippen LogP contribution in [-0.4, -0.2) is 24.3 Å². The molecule has 1 aliphatic carbocycles. The number of phenolic OH excluding ortho intramolecular Hbond substituents is 1. The first-order valence-electron chi connectivity index (χ1n) is 8.46. The second-order valence-corrected chi connectivity index (χ2v) is 6.16. The number of carbonyl (C=O) groups is 1. The molecule has 0 unspecified atom stereocenters. The van der Waals surface area contributed by atoms with E-state index >= 15 is 0 Å². The highest BCUT2D eigenvalue weighted by Gasteiger charge is 2.14. The number of aryl methyl sites for hydroxylation is 1. The van der Waals surface area contributed by atoms with E-state index in [1.54, 1.807) is 12.1 Å². The summed E-state index contributed by atoms with van der Waals surface area (Å²) in [5, 5.41) is 13.6. The largest absolute Gasteiger partial charge is 0.504 e. The molecule has 0 saturated heterocycles. The summed E-state index contributed by atoms with van der Waals surface area (Å²) in [5.41, 5.74) is 7.09. The van der Waals surface area contributed by atoms with Gasteiger partial charge in [-0.05, 0) is 66.1 Å². The highest BCUT2D eigenvalue weighted by Crippen LogP contribution is 2.26. The molecule has 0 heterocycles. The van der Waals surface area contributed by atoms with E-state index in [1.165, 1.54) is 43.4 Å². The van der Waals surface area contributed by atoms with Gasteiger partial charge in [0.2, 0.25) is 5.91 Å². The lowest BCUT2D eigenvalue weighted by Gasteiger charge is -2.18. The Morgan fingerprint density at radius 3 is 2.96 bits per heavy atom. The number of rotatable bonds is 5. The van der Waals surface area contributed by atoms with Crippen LogP contribution in [0, 0.1) is 0 Å². The number of nitrogens with zero attached hydrogens (tertiary/aromatic N) is 1. The lowest BCUT2D eigenvalue weighted by Crippen LogP contribution is -2.21. The number of methoxy groups -OCH3 is 1. The Hall–Kier alpha value is -2.82. The number of phenols is 1. The molecular weight excluding hydrogens is 316 g/mol. The Morgan fingerprint density at radius 2 is 2.12 bits per heavy atom. The maximum atomic E-state index is 12.2. The quantitative estimate of drug-likeness (QED) is 0.650. The zero-order chi connectivity index (χ0) is 17.6. The van der Waals surface area contributed by atoms with Gasteiger partial charge in [0.25, 0.3) is 0 Å². The first-order valence-corrected chi connectivity index (χ1v) is 8.46. The van der Waals surface area contributed by atoms with Crippen molar-refractivity contribution in [3.8, 4) is 11.5 Å². The minimum absolute atomic E-state index is 0.0672. The monoisotopic (exact) mass is 338 g/mol. The zero-order valence-corrected chi connectivity index (χ0v) is 14.3. The van der Waals surface area contributed by atoms with Crippen LogP contribution in [0.4, 0.5) is 0 Å². The Morgan fingerprint density at radius 1 is 1.28 bits per heavy atom. The van der Waals surface area contributed by atoms with Crippen LogP contribution in [0.3, 0.4) is 0 Å². The number of fused-ring (bicyclic) bond motifs is 1. The Bertz CT molecular complexity index is 800. The fourth-order valence-electron chi connectivity index (χ4n) is 3.19. The number of amides is 1. The van der Waals surface area contributed by atoms with Crippen molar-refractivity contribution in [3.63, 3.8) is 0 Å². The molecule has 25 heavy (non-hydrogen) atoms. The van der Waals surface area contributed by atoms with Crippen molar-refractivity contribution >= 4 is 12.1 Å². The topological polar surface area (TPSA) is 70.9 Å². The number of hydrazone groups is 1. The Kier molecular flexibility index (Phi) is 5.33. The van der Waals surface area contributed by atoms with Crippen molar-refractivity contribution in [3.05, 3.63) is 58.7 Å². The van der Waals surface area contributed by atoms with E-state index in [4.69, 9.17) is 4.74 Å². The minimum Gasteiger partial charge on any atom is -0.504 e.